The molecule has 2 saturated heterocycles. The molecule has 1 aromatic rings. The average Bonchev–Trinajstić information content (AvgIpc) is 2.41. The molecule has 2 aliphatic rings. The van der Waals surface area contributed by atoms with Crippen molar-refractivity contribution in [3.8, 4) is 5.75 Å². The summed E-state index contributed by atoms with van der Waals surface area (Å²) in [6.07, 6.45) is 4.94. The molecule has 110 valence electrons. The van der Waals surface area contributed by atoms with E-state index in [4.69, 9.17) is 4.74 Å². The minimum Gasteiger partial charge on any atom is -0.494 e. The second kappa shape index (κ2) is 5.01. The number of piperidine rings is 2. The monoisotopic (exact) mass is 279 g/mol. The van der Waals surface area contributed by atoms with Crippen LogP contribution in [0.15, 0.2) is 18.2 Å². The first-order valence-electron chi connectivity index (χ1n) is 7.32. The van der Waals surface area contributed by atoms with Crippen molar-refractivity contribution in [2.24, 2.45) is 0 Å². The number of hydrogen-bond donors (Lipinski definition) is 1. The molecule has 2 heterocycles. The van der Waals surface area contributed by atoms with E-state index in [0.717, 1.165) is 31.2 Å². The fourth-order valence-corrected chi connectivity index (χ4v) is 3.83. The zero-order valence-corrected chi connectivity index (χ0v) is 12.1. The Morgan fingerprint density at radius 2 is 1.95 bits per heavy atom. The van der Waals surface area contributed by atoms with Crippen LogP contribution in [0.5, 0.6) is 5.75 Å². The Morgan fingerprint density at radius 3 is 2.55 bits per heavy atom. The van der Waals surface area contributed by atoms with Gasteiger partial charge in [0.25, 0.3) is 0 Å². The number of hydrogen-bond acceptors (Lipinski definition) is 3. The lowest BCUT2D eigenvalue weighted by Crippen LogP contribution is -2.55. The molecule has 1 N–H and O–H groups in total. The van der Waals surface area contributed by atoms with Crippen LogP contribution in [-0.4, -0.2) is 36.2 Å². The molecule has 2 bridgehead atoms. The topological polar surface area (TPSA) is 32.7 Å². The molecule has 4 heteroatoms. The number of fused-ring (bicyclic) bond motifs is 2. The van der Waals surface area contributed by atoms with Crippen LogP contribution < -0.4 is 4.74 Å². The third-order valence-corrected chi connectivity index (χ3v) is 5.06. The summed E-state index contributed by atoms with van der Waals surface area (Å²) in [5.74, 6) is -0.173. The van der Waals surface area contributed by atoms with Crippen molar-refractivity contribution in [3.05, 3.63) is 29.6 Å². The van der Waals surface area contributed by atoms with Crippen molar-refractivity contribution >= 4 is 0 Å². The third kappa shape index (κ3) is 2.21. The number of benzene rings is 1. The van der Waals surface area contributed by atoms with E-state index >= 15 is 0 Å². The summed E-state index contributed by atoms with van der Waals surface area (Å²) in [5.41, 5.74) is -0.0794. The Bertz CT molecular complexity index is 491. The average molecular weight is 279 g/mol. The Hall–Kier alpha value is -1.13. The molecule has 0 spiro atoms. The summed E-state index contributed by atoms with van der Waals surface area (Å²) in [4.78, 5) is 2.40. The van der Waals surface area contributed by atoms with E-state index in [0.29, 0.717) is 12.1 Å². The van der Waals surface area contributed by atoms with Gasteiger partial charge in [-0.1, -0.05) is 12.5 Å². The van der Waals surface area contributed by atoms with Crippen LogP contribution in [0.3, 0.4) is 0 Å². The molecule has 3 rings (SSSR count). The molecule has 1 aromatic carbocycles. The maximum absolute atomic E-state index is 13.5. The fourth-order valence-electron chi connectivity index (χ4n) is 3.83. The predicted octanol–water partition coefficient (Wildman–Crippen LogP) is 2.67. The molecule has 2 aliphatic heterocycles. The second-order valence-electron chi connectivity index (χ2n) is 6.19. The Morgan fingerprint density at radius 1 is 1.30 bits per heavy atom. The van der Waals surface area contributed by atoms with Gasteiger partial charge in [0.05, 0.1) is 12.7 Å². The number of nitrogens with zero attached hydrogens (tertiary/aromatic N) is 1. The SMILES string of the molecule is COc1cc(C2(O)CC3CCCC(C2)N3C)ccc1F. The second-order valence-corrected chi connectivity index (χ2v) is 6.19. The minimum absolute atomic E-state index is 0.208. The van der Waals surface area contributed by atoms with Crippen LogP contribution in [-0.2, 0) is 5.60 Å². The normalized spacial score (nSPS) is 34.0. The van der Waals surface area contributed by atoms with E-state index in [2.05, 4.69) is 11.9 Å². The van der Waals surface area contributed by atoms with Crippen LogP contribution in [0.1, 0.15) is 37.7 Å². The van der Waals surface area contributed by atoms with Gasteiger partial charge in [-0.05, 0) is 50.4 Å². The standard InChI is InChI=1S/C16H22FNO2/c1-18-12-4-3-5-13(18)10-16(19,9-12)11-6-7-14(17)15(8-11)20-2/h6-8,12-13,19H,3-5,9-10H2,1-2H3. The number of ether oxygens (including phenoxy) is 1. The molecule has 2 atom stereocenters. The lowest BCUT2D eigenvalue weighted by Gasteiger charge is -2.50. The largest absolute Gasteiger partial charge is 0.494 e. The van der Waals surface area contributed by atoms with Crippen LogP contribution in [0.4, 0.5) is 4.39 Å². The van der Waals surface area contributed by atoms with Gasteiger partial charge < -0.3 is 14.7 Å². The van der Waals surface area contributed by atoms with Gasteiger partial charge in [-0.15, -0.1) is 0 Å². The maximum Gasteiger partial charge on any atom is 0.165 e. The van der Waals surface area contributed by atoms with E-state index in [1.807, 2.05) is 0 Å². The van der Waals surface area contributed by atoms with Gasteiger partial charge in [0.15, 0.2) is 11.6 Å². The van der Waals surface area contributed by atoms with Gasteiger partial charge in [0, 0.05) is 12.1 Å². The molecule has 0 saturated carbocycles. The first-order valence-corrected chi connectivity index (χ1v) is 7.32. The molecule has 3 nitrogen and oxygen atoms in total. The number of methoxy groups -OCH3 is 1. The van der Waals surface area contributed by atoms with Gasteiger partial charge in [0.2, 0.25) is 0 Å². The predicted molar refractivity (Wildman–Crippen MR) is 75.3 cm³/mol. The molecule has 20 heavy (non-hydrogen) atoms. The van der Waals surface area contributed by atoms with Crippen LogP contribution in [0.25, 0.3) is 0 Å². The first-order chi connectivity index (χ1) is 9.53. The molecule has 2 fully saturated rings. The summed E-state index contributed by atoms with van der Waals surface area (Å²) >= 11 is 0. The molecule has 0 aromatic heterocycles. The lowest BCUT2D eigenvalue weighted by molar-refractivity contribution is -0.0875. The molecular weight excluding hydrogens is 257 g/mol. The number of aliphatic hydroxyl groups is 1. The molecule has 0 amide bonds. The number of rotatable bonds is 2. The van der Waals surface area contributed by atoms with Crippen LogP contribution >= 0.6 is 0 Å². The van der Waals surface area contributed by atoms with Gasteiger partial charge in [-0.25, -0.2) is 4.39 Å². The summed E-state index contributed by atoms with van der Waals surface area (Å²) in [7, 11) is 3.61. The van der Waals surface area contributed by atoms with Crippen molar-refractivity contribution < 1.29 is 14.2 Å². The number of halogens is 1. The van der Waals surface area contributed by atoms with Crippen molar-refractivity contribution in [2.45, 2.75) is 49.8 Å². The van der Waals surface area contributed by atoms with Crippen molar-refractivity contribution in [3.63, 3.8) is 0 Å². The van der Waals surface area contributed by atoms with E-state index in [-0.39, 0.29) is 11.6 Å². The highest BCUT2D eigenvalue weighted by molar-refractivity contribution is 5.34. The Balaban J connectivity index is 1.92. The van der Waals surface area contributed by atoms with Crippen LogP contribution in [0, 0.1) is 5.82 Å². The van der Waals surface area contributed by atoms with Gasteiger partial charge >= 0.3 is 0 Å². The van der Waals surface area contributed by atoms with Gasteiger partial charge in [-0.2, -0.15) is 0 Å². The van der Waals surface area contributed by atoms with E-state index < -0.39 is 5.60 Å². The first kappa shape index (κ1) is 13.8. The van der Waals surface area contributed by atoms with Crippen molar-refractivity contribution in [2.75, 3.05) is 14.2 Å². The summed E-state index contributed by atoms with van der Waals surface area (Å²) in [5, 5.41) is 11.1. The molecular formula is C16H22FNO2. The highest BCUT2D eigenvalue weighted by atomic mass is 19.1. The minimum atomic E-state index is -0.858. The van der Waals surface area contributed by atoms with E-state index in [1.165, 1.54) is 19.6 Å². The zero-order valence-electron chi connectivity index (χ0n) is 12.1. The van der Waals surface area contributed by atoms with Crippen molar-refractivity contribution in [1.82, 2.24) is 4.90 Å². The summed E-state index contributed by atoms with van der Waals surface area (Å²) in [6, 6.07) is 5.57. The molecule has 0 aliphatic carbocycles. The van der Waals surface area contributed by atoms with E-state index in [9.17, 15) is 9.50 Å². The van der Waals surface area contributed by atoms with Crippen LogP contribution in [0.2, 0.25) is 0 Å². The molecule has 2 unspecified atom stereocenters. The highest BCUT2D eigenvalue weighted by Gasteiger charge is 2.45. The zero-order chi connectivity index (χ0) is 14.3. The third-order valence-electron chi connectivity index (χ3n) is 5.06. The van der Waals surface area contributed by atoms with Crippen molar-refractivity contribution in [1.29, 1.82) is 0 Å². The summed E-state index contributed by atoms with van der Waals surface area (Å²) < 4.78 is 18.6. The highest BCUT2D eigenvalue weighted by Crippen LogP contribution is 2.44. The lowest BCUT2D eigenvalue weighted by atomic mass is 9.73. The Labute approximate surface area is 119 Å². The Kier molecular flexibility index (Phi) is 3.46. The quantitative estimate of drug-likeness (QED) is 0.903. The molecule has 0 radical (unpaired) electrons. The summed E-state index contributed by atoms with van der Waals surface area (Å²) in [6.45, 7) is 0. The van der Waals surface area contributed by atoms with Gasteiger partial charge in [-0.3, -0.25) is 0 Å². The van der Waals surface area contributed by atoms with E-state index in [1.54, 1.807) is 12.1 Å². The fraction of sp³-hybridized carbons (Fsp3) is 0.625. The smallest absolute Gasteiger partial charge is 0.165 e. The van der Waals surface area contributed by atoms with Gasteiger partial charge in [0.1, 0.15) is 0 Å². The maximum atomic E-state index is 13.5.